The van der Waals surface area contributed by atoms with E-state index in [4.69, 9.17) is 0 Å². The first-order valence-electron chi connectivity index (χ1n) is 6.90. The molecule has 0 amide bonds. The molecule has 2 aliphatic heterocycles. The molecule has 19 heavy (non-hydrogen) atoms. The van der Waals surface area contributed by atoms with Crippen LogP contribution in [0.2, 0.25) is 0 Å². The Hall–Kier alpha value is -0.920. The molecule has 2 atom stereocenters. The summed E-state index contributed by atoms with van der Waals surface area (Å²) in [4.78, 5) is 6.51. The van der Waals surface area contributed by atoms with Crippen LogP contribution < -0.4 is 5.32 Å². The highest BCUT2D eigenvalue weighted by atomic mass is 32.2. The second-order valence-corrected chi connectivity index (χ2v) is 7.29. The third-order valence-corrected chi connectivity index (χ3v) is 5.97. The second-order valence-electron chi connectivity index (χ2n) is 5.38. The van der Waals surface area contributed by atoms with Crippen molar-refractivity contribution in [2.75, 3.05) is 19.6 Å². The maximum atomic E-state index is 12.4. The van der Waals surface area contributed by atoms with Gasteiger partial charge in [0, 0.05) is 19.1 Å². The van der Waals surface area contributed by atoms with E-state index >= 15 is 0 Å². The molecule has 0 aromatic carbocycles. The van der Waals surface area contributed by atoms with E-state index in [2.05, 4.69) is 15.3 Å². The Labute approximate surface area is 113 Å². The minimum Gasteiger partial charge on any atom is -0.335 e. The number of rotatable bonds is 3. The zero-order valence-electron chi connectivity index (χ0n) is 10.9. The van der Waals surface area contributed by atoms with Gasteiger partial charge in [-0.2, -0.15) is 4.31 Å². The Balaban J connectivity index is 1.74. The highest BCUT2D eigenvalue weighted by molar-refractivity contribution is 7.89. The summed E-state index contributed by atoms with van der Waals surface area (Å²) in [6, 6.07) is 0.486. The number of H-pyrrole nitrogens is 1. The van der Waals surface area contributed by atoms with Crippen LogP contribution in [0.1, 0.15) is 25.7 Å². The smallest absolute Gasteiger partial charge is 0.260 e. The van der Waals surface area contributed by atoms with Crippen molar-refractivity contribution < 1.29 is 8.42 Å². The third-order valence-electron chi connectivity index (χ3n) is 4.18. The fourth-order valence-corrected chi connectivity index (χ4v) is 4.59. The zero-order valence-corrected chi connectivity index (χ0v) is 11.7. The minimum absolute atomic E-state index is 0.201. The number of nitrogens with one attached hydrogen (secondary N) is 2. The lowest BCUT2D eigenvalue weighted by Crippen LogP contribution is -2.45. The first kappa shape index (κ1) is 13.1. The molecule has 2 saturated heterocycles. The standard InChI is InChI=1S/C12H20N4O2S/c17-19(18,12-7-13-9-15-12)16-6-2-3-10(8-16)11-4-1-5-14-11/h7,9-11,14H,1-6,8H2,(H,13,15). The van der Waals surface area contributed by atoms with Crippen molar-refractivity contribution in [2.45, 2.75) is 36.8 Å². The van der Waals surface area contributed by atoms with Crippen molar-refractivity contribution in [3.63, 3.8) is 0 Å². The van der Waals surface area contributed by atoms with Crippen LogP contribution >= 0.6 is 0 Å². The number of piperidine rings is 1. The summed E-state index contributed by atoms with van der Waals surface area (Å²) in [5.74, 6) is 0.439. The summed E-state index contributed by atoms with van der Waals surface area (Å²) in [5, 5.41) is 3.69. The predicted octanol–water partition coefficient (Wildman–Crippen LogP) is 0.562. The van der Waals surface area contributed by atoms with Gasteiger partial charge in [0.05, 0.1) is 12.5 Å². The third kappa shape index (κ3) is 2.54. The van der Waals surface area contributed by atoms with Crippen LogP contribution in [0.4, 0.5) is 0 Å². The minimum atomic E-state index is -3.39. The van der Waals surface area contributed by atoms with E-state index in [1.807, 2.05) is 0 Å². The summed E-state index contributed by atoms with van der Waals surface area (Å²) in [7, 11) is -3.39. The van der Waals surface area contributed by atoms with Crippen LogP contribution in [0.5, 0.6) is 0 Å². The van der Waals surface area contributed by atoms with Gasteiger partial charge in [-0.1, -0.05) is 0 Å². The molecule has 2 unspecified atom stereocenters. The predicted molar refractivity (Wildman–Crippen MR) is 71.1 cm³/mol. The number of aromatic amines is 1. The van der Waals surface area contributed by atoms with Gasteiger partial charge in [-0.05, 0) is 38.1 Å². The average molecular weight is 284 g/mol. The molecule has 1 aromatic rings. The van der Waals surface area contributed by atoms with E-state index in [9.17, 15) is 8.42 Å². The number of nitrogens with zero attached hydrogens (tertiary/aromatic N) is 2. The van der Waals surface area contributed by atoms with Crippen molar-refractivity contribution >= 4 is 10.0 Å². The van der Waals surface area contributed by atoms with Crippen LogP contribution in [0.3, 0.4) is 0 Å². The summed E-state index contributed by atoms with van der Waals surface area (Å²) >= 11 is 0. The van der Waals surface area contributed by atoms with Gasteiger partial charge in [0.2, 0.25) is 0 Å². The highest BCUT2D eigenvalue weighted by Crippen LogP contribution is 2.27. The summed E-state index contributed by atoms with van der Waals surface area (Å²) in [6.07, 6.45) is 7.22. The lowest BCUT2D eigenvalue weighted by molar-refractivity contribution is 0.226. The van der Waals surface area contributed by atoms with Crippen molar-refractivity contribution in [3.8, 4) is 0 Å². The number of hydrogen-bond donors (Lipinski definition) is 2. The first-order valence-corrected chi connectivity index (χ1v) is 8.34. The molecule has 7 heteroatoms. The Morgan fingerprint density at radius 3 is 2.89 bits per heavy atom. The van der Waals surface area contributed by atoms with E-state index in [1.54, 1.807) is 4.31 Å². The maximum absolute atomic E-state index is 12.4. The summed E-state index contributed by atoms with van der Waals surface area (Å²) in [6.45, 7) is 2.30. The molecule has 0 saturated carbocycles. The van der Waals surface area contributed by atoms with Crippen molar-refractivity contribution in [1.82, 2.24) is 19.6 Å². The molecule has 3 heterocycles. The van der Waals surface area contributed by atoms with Gasteiger partial charge in [-0.3, -0.25) is 0 Å². The lowest BCUT2D eigenvalue weighted by Gasteiger charge is -2.34. The van der Waals surface area contributed by atoms with Crippen molar-refractivity contribution in [3.05, 3.63) is 12.5 Å². The van der Waals surface area contributed by atoms with Crippen molar-refractivity contribution in [2.24, 2.45) is 5.92 Å². The molecule has 0 spiro atoms. The Kier molecular flexibility index (Phi) is 3.60. The normalized spacial score (nSPS) is 29.7. The Morgan fingerprint density at radius 1 is 1.32 bits per heavy atom. The number of sulfonamides is 1. The largest absolute Gasteiger partial charge is 0.335 e. The van der Waals surface area contributed by atoms with E-state index in [-0.39, 0.29) is 5.03 Å². The van der Waals surface area contributed by atoms with Crippen LogP contribution in [-0.4, -0.2) is 48.4 Å². The van der Waals surface area contributed by atoms with Gasteiger partial charge in [-0.25, -0.2) is 13.4 Å². The van der Waals surface area contributed by atoms with E-state index in [1.165, 1.54) is 25.4 Å². The van der Waals surface area contributed by atoms with Crippen LogP contribution in [0.15, 0.2) is 17.6 Å². The molecular formula is C12H20N4O2S. The van der Waals surface area contributed by atoms with Gasteiger partial charge in [0.15, 0.2) is 5.03 Å². The maximum Gasteiger partial charge on any atom is 0.260 e. The molecule has 0 radical (unpaired) electrons. The molecule has 1 aromatic heterocycles. The molecule has 106 valence electrons. The zero-order chi connectivity index (χ0) is 13.3. The Bertz CT molecular complexity index is 508. The number of hydrogen-bond acceptors (Lipinski definition) is 4. The molecule has 0 aliphatic carbocycles. The molecular weight excluding hydrogens is 264 g/mol. The molecule has 2 fully saturated rings. The molecule has 2 aliphatic rings. The first-order chi connectivity index (χ1) is 9.18. The van der Waals surface area contributed by atoms with Gasteiger partial charge < -0.3 is 10.3 Å². The summed E-state index contributed by atoms with van der Waals surface area (Å²) in [5.41, 5.74) is 0. The lowest BCUT2D eigenvalue weighted by atomic mass is 9.91. The molecule has 2 N–H and O–H groups in total. The van der Waals surface area contributed by atoms with Gasteiger partial charge in [-0.15, -0.1) is 0 Å². The number of aromatic nitrogens is 2. The monoisotopic (exact) mass is 284 g/mol. The van der Waals surface area contributed by atoms with E-state index in [0.29, 0.717) is 25.0 Å². The van der Waals surface area contributed by atoms with E-state index in [0.717, 1.165) is 19.4 Å². The molecule has 0 bridgehead atoms. The van der Waals surface area contributed by atoms with Crippen LogP contribution in [-0.2, 0) is 10.0 Å². The topological polar surface area (TPSA) is 78.1 Å². The SMILES string of the molecule is O=S(=O)(c1cnc[nH]1)N1CCCC(C2CCCN2)C1. The van der Waals surface area contributed by atoms with Gasteiger partial charge in [0.1, 0.15) is 0 Å². The van der Waals surface area contributed by atoms with Crippen molar-refractivity contribution in [1.29, 1.82) is 0 Å². The highest BCUT2D eigenvalue weighted by Gasteiger charge is 2.35. The number of imidazole rings is 1. The fourth-order valence-electron chi connectivity index (χ4n) is 3.16. The Morgan fingerprint density at radius 2 is 2.21 bits per heavy atom. The van der Waals surface area contributed by atoms with Gasteiger partial charge >= 0.3 is 0 Å². The average Bonchev–Trinajstić information content (AvgIpc) is 3.12. The van der Waals surface area contributed by atoms with E-state index < -0.39 is 10.0 Å². The van der Waals surface area contributed by atoms with Crippen LogP contribution in [0.25, 0.3) is 0 Å². The van der Waals surface area contributed by atoms with Crippen LogP contribution in [0, 0.1) is 5.92 Å². The van der Waals surface area contributed by atoms with Gasteiger partial charge in [0.25, 0.3) is 10.0 Å². The summed E-state index contributed by atoms with van der Waals surface area (Å²) < 4.78 is 26.5. The second kappa shape index (κ2) is 5.22. The quantitative estimate of drug-likeness (QED) is 0.850. The fraction of sp³-hybridized carbons (Fsp3) is 0.750. The molecule has 3 rings (SSSR count). The molecule has 6 nitrogen and oxygen atoms in total.